The van der Waals surface area contributed by atoms with Gasteiger partial charge in [-0.15, -0.1) is 0 Å². The van der Waals surface area contributed by atoms with E-state index in [2.05, 4.69) is 60.0 Å². The number of hydrogen-bond donors (Lipinski definition) is 3. The van der Waals surface area contributed by atoms with Gasteiger partial charge in [-0.05, 0) is 51.3 Å². The molecule has 1 unspecified atom stereocenters. The molecular formula is C19H30BrN5O. The minimum atomic E-state index is -0.227. The summed E-state index contributed by atoms with van der Waals surface area (Å²) < 4.78 is 1.11. The average molecular weight is 424 g/mol. The molecule has 144 valence electrons. The summed E-state index contributed by atoms with van der Waals surface area (Å²) in [6.45, 7) is 9.03. The van der Waals surface area contributed by atoms with E-state index in [9.17, 15) is 4.79 Å². The number of hydrogen-bond acceptors (Lipinski definition) is 3. The monoisotopic (exact) mass is 423 g/mol. The fraction of sp³-hybridized carbons (Fsp3) is 0.579. The van der Waals surface area contributed by atoms with Gasteiger partial charge in [0.1, 0.15) is 0 Å². The largest absolute Gasteiger partial charge is 0.371 e. The van der Waals surface area contributed by atoms with Crippen molar-refractivity contribution in [3.05, 3.63) is 28.7 Å². The Hall–Kier alpha value is -1.76. The molecule has 6 nitrogen and oxygen atoms in total. The van der Waals surface area contributed by atoms with Gasteiger partial charge in [0.05, 0.1) is 6.54 Å². The highest BCUT2D eigenvalue weighted by molar-refractivity contribution is 9.10. The van der Waals surface area contributed by atoms with E-state index in [1.54, 1.807) is 7.05 Å². The number of amides is 1. The van der Waals surface area contributed by atoms with Gasteiger partial charge >= 0.3 is 0 Å². The molecule has 2 rings (SSSR count). The van der Waals surface area contributed by atoms with Crippen LogP contribution in [0.25, 0.3) is 0 Å². The number of benzene rings is 1. The Labute approximate surface area is 165 Å². The van der Waals surface area contributed by atoms with Crippen molar-refractivity contribution in [2.24, 2.45) is 10.9 Å². The second kappa shape index (κ2) is 9.26. The Bertz CT molecular complexity index is 641. The van der Waals surface area contributed by atoms with Gasteiger partial charge < -0.3 is 20.9 Å². The Balaban J connectivity index is 1.74. The standard InChI is InChI=1S/C19H30BrN5O/c1-19(2,3)24-17(26)12-23-18(21-4)22-11-14-8-9-25(13-14)16-7-5-6-15(20)10-16/h5-7,10,14H,8-9,11-13H2,1-4H3,(H,24,26)(H2,21,22,23). The molecule has 0 radical (unpaired) electrons. The van der Waals surface area contributed by atoms with Crippen molar-refractivity contribution in [1.82, 2.24) is 16.0 Å². The van der Waals surface area contributed by atoms with Gasteiger partial charge in [0.15, 0.2) is 5.96 Å². The molecule has 26 heavy (non-hydrogen) atoms. The van der Waals surface area contributed by atoms with E-state index in [0.717, 1.165) is 30.5 Å². The zero-order chi connectivity index (χ0) is 19.2. The first-order valence-corrected chi connectivity index (χ1v) is 9.82. The molecule has 0 bridgehead atoms. The molecule has 1 fully saturated rings. The minimum Gasteiger partial charge on any atom is -0.371 e. The molecule has 1 aromatic rings. The molecule has 0 aliphatic carbocycles. The van der Waals surface area contributed by atoms with E-state index in [4.69, 9.17) is 0 Å². The van der Waals surface area contributed by atoms with Gasteiger partial charge in [-0.1, -0.05) is 22.0 Å². The smallest absolute Gasteiger partial charge is 0.239 e. The molecule has 1 heterocycles. The van der Waals surface area contributed by atoms with Crippen LogP contribution in [0.15, 0.2) is 33.7 Å². The molecule has 1 aliphatic heterocycles. The second-order valence-electron chi connectivity index (χ2n) is 7.69. The number of aliphatic imine (C=N–C) groups is 1. The quantitative estimate of drug-likeness (QED) is 0.502. The number of carbonyl (C=O) groups excluding carboxylic acids is 1. The van der Waals surface area contributed by atoms with Crippen molar-refractivity contribution in [2.75, 3.05) is 38.1 Å². The lowest BCUT2D eigenvalue weighted by molar-refractivity contribution is -0.121. The molecular weight excluding hydrogens is 394 g/mol. The van der Waals surface area contributed by atoms with Gasteiger partial charge in [0, 0.05) is 42.4 Å². The van der Waals surface area contributed by atoms with Crippen LogP contribution in [0.4, 0.5) is 5.69 Å². The summed E-state index contributed by atoms with van der Waals surface area (Å²) in [7, 11) is 1.72. The van der Waals surface area contributed by atoms with Crippen LogP contribution in [0.1, 0.15) is 27.2 Å². The molecule has 1 aromatic carbocycles. The van der Waals surface area contributed by atoms with Crippen molar-refractivity contribution >= 4 is 33.5 Å². The molecule has 1 saturated heterocycles. The van der Waals surface area contributed by atoms with Crippen LogP contribution in [-0.4, -0.2) is 50.6 Å². The lowest BCUT2D eigenvalue weighted by Gasteiger charge is -2.21. The highest BCUT2D eigenvalue weighted by Gasteiger charge is 2.23. The zero-order valence-corrected chi connectivity index (χ0v) is 17.7. The van der Waals surface area contributed by atoms with Crippen LogP contribution >= 0.6 is 15.9 Å². The van der Waals surface area contributed by atoms with Gasteiger partial charge in [-0.25, -0.2) is 0 Å². The summed E-state index contributed by atoms with van der Waals surface area (Å²) in [5.74, 6) is 1.17. The first-order valence-electron chi connectivity index (χ1n) is 9.03. The summed E-state index contributed by atoms with van der Waals surface area (Å²) in [5, 5.41) is 9.34. The fourth-order valence-corrected chi connectivity index (χ4v) is 3.38. The van der Waals surface area contributed by atoms with Crippen LogP contribution in [0.5, 0.6) is 0 Å². The molecule has 7 heteroatoms. The van der Waals surface area contributed by atoms with Crippen molar-refractivity contribution in [2.45, 2.75) is 32.7 Å². The second-order valence-corrected chi connectivity index (χ2v) is 8.60. The third-order valence-electron chi connectivity index (χ3n) is 4.17. The van der Waals surface area contributed by atoms with Crippen molar-refractivity contribution < 1.29 is 4.79 Å². The van der Waals surface area contributed by atoms with Crippen LogP contribution in [0, 0.1) is 5.92 Å². The summed E-state index contributed by atoms with van der Waals surface area (Å²) in [6.07, 6.45) is 1.14. The van der Waals surface area contributed by atoms with E-state index in [1.165, 1.54) is 5.69 Å². The van der Waals surface area contributed by atoms with Crippen LogP contribution in [-0.2, 0) is 4.79 Å². The number of nitrogens with one attached hydrogen (secondary N) is 3. The molecule has 3 N–H and O–H groups in total. The van der Waals surface area contributed by atoms with Crippen LogP contribution in [0.3, 0.4) is 0 Å². The van der Waals surface area contributed by atoms with E-state index in [1.807, 2.05) is 26.8 Å². The summed E-state index contributed by atoms with van der Waals surface area (Å²) in [6, 6.07) is 8.42. The Morgan fingerprint density at radius 3 is 2.77 bits per heavy atom. The number of nitrogens with zero attached hydrogens (tertiary/aromatic N) is 2. The molecule has 1 aliphatic rings. The van der Waals surface area contributed by atoms with E-state index >= 15 is 0 Å². The summed E-state index contributed by atoms with van der Waals surface area (Å²) in [4.78, 5) is 18.5. The summed E-state index contributed by atoms with van der Waals surface area (Å²) >= 11 is 3.53. The lowest BCUT2D eigenvalue weighted by atomic mass is 10.1. The SMILES string of the molecule is CN=C(NCC(=O)NC(C)(C)C)NCC1CCN(c2cccc(Br)c2)C1. The van der Waals surface area contributed by atoms with E-state index in [-0.39, 0.29) is 18.0 Å². The van der Waals surface area contributed by atoms with Gasteiger partial charge in [-0.2, -0.15) is 0 Å². The first-order chi connectivity index (χ1) is 12.3. The first kappa shape index (κ1) is 20.6. The van der Waals surface area contributed by atoms with E-state index < -0.39 is 0 Å². The van der Waals surface area contributed by atoms with Crippen LogP contribution in [0.2, 0.25) is 0 Å². The number of guanidine groups is 1. The number of carbonyl (C=O) groups is 1. The maximum Gasteiger partial charge on any atom is 0.239 e. The van der Waals surface area contributed by atoms with Gasteiger partial charge in [0.2, 0.25) is 5.91 Å². The highest BCUT2D eigenvalue weighted by Crippen LogP contribution is 2.25. The molecule has 0 spiro atoms. The zero-order valence-electron chi connectivity index (χ0n) is 16.1. The summed E-state index contributed by atoms with van der Waals surface area (Å²) in [5.41, 5.74) is 1.03. The molecule has 0 aromatic heterocycles. The van der Waals surface area contributed by atoms with Crippen LogP contribution < -0.4 is 20.9 Å². The fourth-order valence-electron chi connectivity index (χ4n) is 2.99. The normalized spacial score (nSPS) is 18.0. The maximum absolute atomic E-state index is 11.9. The number of rotatable bonds is 5. The Morgan fingerprint density at radius 2 is 2.12 bits per heavy atom. The predicted octanol–water partition coefficient (Wildman–Crippen LogP) is 2.36. The van der Waals surface area contributed by atoms with Crippen molar-refractivity contribution in [3.63, 3.8) is 0 Å². The predicted molar refractivity (Wildman–Crippen MR) is 112 cm³/mol. The Kier molecular flexibility index (Phi) is 7.32. The van der Waals surface area contributed by atoms with Gasteiger partial charge in [0.25, 0.3) is 0 Å². The third kappa shape index (κ3) is 6.86. The molecule has 1 amide bonds. The average Bonchev–Trinajstić information content (AvgIpc) is 3.02. The number of halogens is 1. The minimum absolute atomic E-state index is 0.0397. The molecule has 1 atom stereocenters. The lowest BCUT2D eigenvalue weighted by Crippen LogP contribution is -2.48. The Morgan fingerprint density at radius 1 is 1.35 bits per heavy atom. The third-order valence-corrected chi connectivity index (χ3v) is 4.67. The van der Waals surface area contributed by atoms with Gasteiger partial charge in [-0.3, -0.25) is 9.79 Å². The van der Waals surface area contributed by atoms with Crippen molar-refractivity contribution in [1.29, 1.82) is 0 Å². The topological polar surface area (TPSA) is 68.8 Å². The maximum atomic E-state index is 11.9. The molecule has 0 saturated carbocycles. The highest BCUT2D eigenvalue weighted by atomic mass is 79.9. The van der Waals surface area contributed by atoms with E-state index in [0.29, 0.717) is 11.9 Å². The van der Waals surface area contributed by atoms with Crippen molar-refractivity contribution in [3.8, 4) is 0 Å². The number of anilines is 1.